The first-order chi connectivity index (χ1) is 12.7. The van der Waals surface area contributed by atoms with Crippen molar-refractivity contribution in [1.29, 1.82) is 0 Å². The Morgan fingerprint density at radius 2 is 1.70 bits per heavy atom. The van der Waals surface area contributed by atoms with Crippen LogP contribution in [-0.4, -0.2) is 27.3 Å². The number of ether oxygens (including phenoxy) is 1. The third kappa shape index (κ3) is 4.83. The second-order valence-corrected chi connectivity index (χ2v) is 8.74. The van der Waals surface area contributed by atoms with E-state index in [1.807, 2.05) is 13.8 Å². The molecule has 0 amide bonds. The van der Waals surface area contributed by atoms with Gasteiger partial charge in [-0.1, -0.05) is 23.2 Å². The van der Waals surface area contributed by atoms with E-state index in [0.29, 0.717) is 34.6 Å². The van der Waals surface area contributed by atoms with E-state index in [4.69, 9.17) is 27.9 Å². The number of hydrogen-bond donors (Lipinski definition) is 1. The van der Waals surface area contributed by atoms with E-state index >= 15 is 0 Å². The quantitative estimate of drug-likeness (QED) is 0.711. The maximum atomic E-state index is 12.5. The third-order valence-electron chi connectivity index (χ3n) is 4.14. The Morgan fingerprint density at radius 3 is 2.26 bits per heavy atom. The maximum Gasteiger partial charge on any atom is 0.261 e. The van der Waals surface area contributed by atoms with Gasteiger partial charge in [0.2, 0.25) is 0 Å². The average Bonchev–Trinajstić information content (AvgIpc) is 2.90. The summed E-state index contributed by atoms with van der Waals surface area (Å²) >= 11 is 11.8. The molecule has 27 heavy (non-hydrogen) atoms. The number of sulfonamides is 1. The minimum atomic E-state index is -3.76. The second-order valence-electron chi connectivity index (χ2n) is 6.18. The number of nitrogens with one attached hydrogen (secondary N) is 1. The van der Waals surface area contributed by atoms with Gasteiger partial charge in [-0.2, -0.15) is 0 Å². The van der Waals surface area contributed by atoms with E-state index in [1.54, 1.807) is 12.1 Å². The van der Waals surface area contributed by atoms with Crippen molar-refractivity contribution in [3.8, 4) is 5.75 Å². The summed E-state index contributed by atoms with van der Waals surface area (Å²) in [5.74, 6) is 0.583. The van der Waals surface area contributed by atoms with E-state index in [1.165, 1.54) is 35.9 Å². The number of aliphatic imine (C=N–C) groups is 1. The summed E-state index contributed by atoms with van der Waals surface area (Å²) in [5.41, 5.74) is 3.56. The lowest BCUT2D eigenvalue weighted by atomic mass is 10.1. The summed E-state index contributed by atoms with van der Waals surface area (Å²) in [4.78, 5) is 4.48. The Hall–Kier alpha value is -2.02. The molecule has 0 bridgehead atoms. The smallest absolute Gasteiger partial charge is 0.261 e. The minimum Gasteiger partial charge on any atom is -0.489 e. The van der Waals surface area contributed by atoms with E-state index < -0.39 is 10.0 Å². The van der Waals surface area contributed by atoms with Crippen molar-refractivity contribution in [3.05, 3.63) is 63.7 Å². The molecule has 0 fully saturated rings. The molecule has 0 radical (unpaired) electrons. The van der Waals surface area contributed by atoms with Crippen LogP contribution in [0.3, 0.4) is 0 Å². The van der Waals surface area contributed by atoms with Gasteiger partial charge in [0.1, 0.15) is 12.4 Å². The molecule has 0 spiro atoms. The van der Waals surface area contributed by atoms with Gasteiger partial charge in [-0.25, -0.2) is 8.42 Å². The van der Waals surface area contributed by atoms with Gasteiger partial charge in [-0.05, 0) is 61.9 Å². The van der Waals surface area contributed by atoms with E-state index in [9.17, 15) is 8.42 Å². The van der Waals surface area contributed by atoms with Crippen LogP contribution in [0.2, 0.25) is 10.0 Å². The van der Waals surface area contributed by atoms with Crippen molar-refractivity contribution in [2.24, 2.45) is 4.99 Å². The number of halogens is 2. The molecule has 1 aliphatic heterocycles. The molecule has 0 atom stereocenters. The highest BCUT2D eigenvalue weighted by molar-refractivity contribution is 7.92. The lowest BCUT2D eigenvalue weighted by Crippen LogP contribution is -2.13. The van der Waals surface area contributed by atoms with Crippen LogP contribution in [0.4, 0.5) is 5.69 Å². The molecule has 3 rings (SSSR count). The van der Waals surface area contributed by atoms with Gasteiger partial charge in [-0.15, -0.1) is 0 Å². The molecule has 1 N–H and O–H groups in total. The van der Waals surface area contributed by atoms with Crippen LogP contribution in [0.15, 0.2) is 63.5 Å². The zero-order valence-electron chi connectivity index (χ0n) is 14.8. The number of rotatable bonds is 6. The van der Waals surface area contributed by atoms with Gasteiger partial charge in [0.25, 0.3) is 10.0 Å². The molecule has 1 aliphatic rings. The molecule has 0 unspecified atom stereocenters. The summed E-state index contributed by atoms with van der Waals surface area (Å²) in [6, 6.07) is 10.7. The fourth-order valence-corrected chi connectivity index (χ4v) is 4.23. The molecular weight excluding hydrogens is 407 g/mol. The van der Waals surface area contributed by atoms with Crippen LogP contribution in [-0.2, 0) is 10.0 Å². The first-order valence-corrected chi connectivity index (χ1v) is 10.4. The zero-order valence-corrected chi connectivity index (χ0v) is 17.1. The van der Waals surface area contributed by atoms with Crippen molar-refractivity contribution < 1.29 is 13.2 Å². The average molecular weight is 425 g/mol. The van der Waals surface area contributed by atoms with Crippen LogP contribution < -0.4 is 9.46 Å². The largest absolute Gasteiger partial charge is 0.489 e. The number of benzene rings is 2. The highest BCUT2D eigenvalue weighted by Gasteiger charge is 2.16. The van der Waals surface area contributed by atoms with E-state index in [0.717, 1.165) is 11.3 Å². The Bertz CT molecular complexity index is 1010. The standard InChI is InChI=1S/C19H18Cl2N2O3S/c1-12-10-22-13(2)19(12)11-26-17-3-5-18(6-4-17)27(24,25)23-16-8-14(20)7-15(21)9-16/h3-9,23H,10-11H2,1-2H3. The molecular formula is C19H18Cl2N2O3S. The van der Waals surface area contributed by atoms with Crippen molar-refractivity contribution in [3.63, 3.8) is 0 Å². The van der Waals surface area contributed by atoms with Crippen molar-refractivity contribution in [1.82, 2.24) is 0 Å². The van der Waals surface area contributed by atoms with Gasteiger partial charge in [0.15, 0.2) is 0 Å². The number of hydrogen-bond acceptors (Lipinski definition) is 4. The lowest BCUT2D eigenvalue weighted by Gasteiger charge is -2.11. The van der Waals surface area contributed by atoms with Crippen LogP contribution in [0.25, 0.3) is 0 Å². The minimum absolute atomic E-state index is 0.111. The highest BCUT2D eigenvalue weighted by Crippen LogP contribution is 2.25. The van der Waals surface area contributed by atoms with Crippen LogP contribution >= 0.6 is 23.2 Å². The first-order valence-electron chi connectivity index (χ1n) is 8.16. The third-order valence-corrected chi connectivity index (χ3v) is 5.97. The summed E-state index contributed by atoms with van der Waals surface area (Å²) in [7, 11) is -3.76. The van der Waals surface area contributed by atoms with E-state index in [2.05, 4.69) is 9.71 Å². The number of nitrogens with zero attached hydrogens (tertiary/aromatic N) is 1. The predicted molar refractivity (Wildman–Crippen MR) is 110 cm³/mol. The maximum absolute atomic E-state index is 12.5. The summed E-state index contributed by atoms with van der Waals surface area (Å²) < 4.78 is 33.3. The molecule has 0 saturated heterocycles. The Kier molecular flexibility index (Phi) is 5.79. The first kappa shape index (κ1) is 19.7. The predicted octanol–water partition coefficient (Wildman–Crippen LogP) is 4.96. The molecule has 0 saturated carbocycles. The zero-order chi connectivity index (χ0) is 19.6. The SMILES string of the molecule is CC1=NCC(C)=C1COc1ccc(S(=O)(=O)Nc2cc(Cl)cc(Cl)c2)cc1. The van der Waals surface area contributed by atoms with Gasteiger partial charge in [0, 0.05) is 21.3 Å². The van der Waals surface area contributed by atoms with Gasteiger partial charge in [0.05, 0.1) is 17.1 Å². The monoisotopic (exact) mass is 424 g/mol. The Morgan fingerprint density at radius 1 is 1.07 bits per heavy atom. The molecule has 1 heterocycles. The Balaban J connectivity index is 1.70. The highest BCUT2D eigenvalue weighted by atomic mass is 35.5. The van der Waals surface area contributed by atoms with Gasteiger partial charge in [-0.3, -0.25) is 9.71 Å². The van der Waals surface area contributed by atoms with Crippen molar-refractivity contribution >= 4 is 44.6 Å². The van der Waals surface area contributed by atoms with Crippen molar-refractivity contribution in [2.45, 2.75) is 18.7 Å². The normalized spacial score (nSPS) is 14.3. The molecule has 2 aromatic carbocycles. The summed E-state index contributed by atoms with van der Waals surface area (Å²) in [6.07, 6.45) is 0. The van der Waals surface area contributed by atoms with Gasteiger partial charge >= 0.3 is 0 Å². The molecule has 5 nitrogen and oxygen atoms in total. The molecule has 2 aromatic rings. The number of anilines is 1. The molecule has 0 aliphatic carbocycles. The molecule has 0 aromatic heterocycles. The topological polar surface area (TPSA) is 67.8 Å². The Labute approximate surface area is 168 Å². The van der Waals surface area contributed by atoms with Crippen molar-refractivity contribution in [2.75, 3.05) is 17.9 Å². The van der Waals surface area contributed by atoms with Gasteiger partial charge < -0.3 is 4.74 Å². The summed E-state index contributed by atoms with van der Waals surface area (Å²) in [6.45, 7) is 5.11. The fraction of sp³-hybridized carbons (Fsp3) is 0.211. The van der Waals surface area contributed by atoms with Crippen LogP contribution in [0.1, 0.15) is 13.8 Å². The van der Waals surface area contributed by atoms with Crippen LogP contribution in [0.5, 0.6) is 5.75 Å². The summed E-state index contributed by atoms with van der Waals surface area (Å²) in [5, 5.41) is 0.693. The molecule has 8 heteroatoms. The molecule has 142 valence electrons. The van der Waals surface area contributed by atoms with Crippen LogP contribution in [0, 0.1) is 0 Å². The second kappa shape index (κ2) is 7.92. The lowest BCUT2D eigenvalue weighted by molar-refractivity contribution is 0.356. The fourth-order valence-electron chi connectivity index (χ4n) is 2.66. The van der Waals surface area contributed by atoms with E-state index in [-0.39, 0.29) is 4.90 Å².